The number of amides is 1. The number of carbonyl (C=O) groups excluding carboxylic acids is 1. The van der Waals surface area contributed by atoms with Gasteiger partial charge in [-0.25, -0.2) is 8.42 Å². The first-order valence-electron chi connectivity index (χ1n) is 6.14. The molecule has 1 unspecified atom stereocenters. The molecule has 10 heteroatoms. The minimum atomic E-state index is -3.65. The van der Waals surface area contributed by atoms with E-state index in [-0.39, 0.29) is 28.9 Å². The maximum atomic E-state index is 11.9. The van der Waals surface area contributed by atoms with Crippen molar-refractivity contribution in [3.05, 3.63) is 33.9 Å². The SMILES string of the molecule is CC(N)CCNC(=O)c1cc([N+](=O)[O-])cc(S(C)(=O)=O)c1.Cl. The average Bonchev–Trinajstić information content (AvgIpc) is 2.36. The average molecular weight is 352 g/mol. The van der Waals surface area contributed by atoms with Gasteiger partial charge in [-0.1, -0.05) is 0 Å². The second kappa shape index (κ2) is 8.06. The molecule has 124 valence electrons. The number of nitrogens with zero attached hydrogens (tertiary/aromatic N) is 1. The van der Waals surface area contributed by atoms with Gasteiger partial charge in [-0.05, 0) is 19.4 Å². The van der Waals surface area contributed by atoms with Crippen molar-refractivity contribution in [2.45, 2.75) is 24.3 Å². The molecule has 0 aliphatic carbocycles. The summed E-state index contributed by atoms with van der Waals surface area (Å²) in [6, 6.07) is 2.98. The van der Waals surface area contributed by atoms with Gasteiger partial charge in [0.1, 0.15) is 0 Å². The molecule has 1 rings (SSSR count). The second-order valence-electron chi connectivity index (χ2n) is 4.77. The monoisotopic (exact) mass is 351 g/mol. The van der Waals surface area contributed by atoms with Gasteiger partial charge < -0.3 is 11.1 Å². The van der Waals surface area contributed by atoms with E-state index in [2.05, 4.69) is 5.32 Å². The lowest BCUT2D eigenvalue weighted by atomic mass is 10.2. The smallest absolute Gasteiger partial charge is 0.271 e. The summed E-state index contributed by atoms with van der Waals surface area (Å²) in [5.74, 6) is -0.579. The lowest BCUT2D eigenvalue weighted by Crippen LogP contribution is -2.29. The summed E-state index contributed by atoms with van der Waals surface area (Å²) < 4.78 is 23.0. The molecule has 0 radical (unpaired) electrons. The highest BCUT2D eigenvalue weighted by molar-refractivity contribution is 7.90. The number of sulfone groups is 1. The Morgan fingerprint density at radius 3 is 2.45 bits per heavy atom. The van der Waals surface area contributed by atoms with Gasteiger partial charge in [-0.15, -0.1) is 12.4 Å². The fourth-order valence-electron chi connectivity index (χ4n) is 1.55. The van der Waals surface area contributed by atoms with Crippen LogP contribution in [0.25, 0.3) is 0 Å². The van der Waals surface area contributed by atoms with Gasteiger partial charge in [-0.2, -0.15) is 0 Å². The molecular formula is C12H18ClN3O5S. The van der Waals surface area contributed by atoms with Crippen molar-refractivity contribution >= 4 is 33.8 Å². The van der Waals surface area contributed by atoms with Crippen LogP contribution in [0.4, 0.5) is 5.69 Å². The number of nitro benzene ring substituents is 1. The molecule has 1 amide bonds. The van der Waals surface area contributed by atoms with Crippen LogP contribution >= 0.6 is 12.4 Å². The number of rotatable bonds is 6. The molecule has 0 saturated carbocycles. The molecule has 0 aliphatic rings. The molecule has 0 fully saturated rings. The van der Waals surface area contributed by atoms with Gasteiger partial charge in [-0.3, -0.25) is 14.9 Å². The zero-order chi connectivity index (χ0) is 16.2. The molecule has 0 spiro atoms. The van der Waals surface area contributed by atoms with E-state index in [0.29, 0.717) is 13.0 Å². The summed E-state index contributed by atoms with van der Waals surface area (Å²) in [5.41, 5.74) is 5.02. The van der Waals surface area contributed by atoms with E-state index in [1.54, 1.807) is 6.92 Å². The molecule has 3 N–H and O–H groups in total. The van der Waals surface area contributed by atoms with Gasteiger partial charge in [0, 0.05) is 36.5 Å². The Kier molecular flexibility index (Phi) is 7.44. The summed E-state index contributed by atoms with van der Waals surface area (Å²) in [6.07, 6.45) is 1.46. The van der Waals surface area contributed by atoms with Gasteiger partial charge in [0.25, 0.3) is 11.6 Å². The van der Waals surface area contributed by atoms with E-state index in [1.807, 2.05) is 0 Å². The van der Waals surface area contributed by atoms with Gasteiger partial charge >= 0.3 is 0 Å². The Morgan fingerprint density at radius 2 is 2.00 bits per heavy atom. The number of non-ortho nitro benzene ring substituents is 1. The van der Waals surface area contributed by atoms with Crippen LogP contribution in [-0.4, -0.2) is 38.1 Å². The quantitative estimate of drug-likeness (QED) is 0.577. The van der Waals surface area contributed by atoms with Crippen LogP contribution in [0.5, 0.6) is 0 Å². The van der Waals surface area contributed by atoms with Gasteiger partial charge in [0.05, 0.1) is 9.82 Å². The third kappa shape index (κ3) is 5.96. The molecule has 1 atom stereocenters. The number of nitrogens with one attached hydrogen (secondary N) is 1. The maximum absolute atomic E-state index is 11.9. The third-order valence-corrected chi connectivity index (χ3v) is 3.77. The summed E-state index contributed by atoms with van der Waals surface area (Å²) in [6.45, 7) is 2.08. The zero-order valence-corrected chi connectivity index (χ0v) is 13.7. The van der Waals surface area contributed by atoms with Crippen LogP contribution in [0.1, 0.15) is 23.7 Å². The van der Waals surface area contributed by atoms with Crippen molar-refractivity contribution in [3.63, 3.8) is 0 Å². The minimum absolute atomic E-state index is 0. The van der Waals surface area contributed by atoms with Crippen LogP contribution in [0, 0.1) is 10.1 Å². The fourth-order valence-corrected chi connectivity index (χ4v) is 2.23. The number of nitro groups is 1. The van der Waals surface area contributed by atoms with Crippen molar-refractivity contribution in [2.75, 3.05) is 12.8 Å². The molecule has 22 heavy (non-hydrogen) atoms. The van der Waals surface area contributed by atoms with Crippen LogP contribution in [-0.2, 0) is 9.84 Å². The molecule has 1 aromatic rings. The van der Waals surface area contributed by atoms with E-state index >= 15 is 0 Å². The lowest BCUT2D eigenvalue weighted by Gasteiger charge is -2.08. The fraction of sp³-hybridized carbons (Fsp3) is 0.417. The largest absolute Gasteiger partial charge is 0.352 e. The summed E-state index contributed by atoms with van der Waals surface area (Å²) in [5, 5.41) is 13.4. The summed E-state index contributed by atoms with van der Waals surface area (Å²) >= 11 is 0. The molecule has 0 saturated heterocycles. The minimum Gasteiger partial charge on any atom is -0.352 e. The van der Waals surface area contributed by atoms with Gasteiger partial charge in [0.2, 0.25) is 0 Å². The predicted octanol–water partition coefficient (Wildman–Crippen LogP) is 0.887. The second-order valence-corrected chi connectivity index (χ2v) is 6.78. The van der Waals surface area contributed by atoms with E-state index in [9.17, 15) is 23.3 Å². The van der Waals surface area contributed by atoms with Crippen LogP contribution < -0.4 is 11.1 Å². The van der Waals surface area contributed by atoms with Crippen LogP contribution in [0.2, 0.25) is 0 Å². The van der Waals surface area contributed by atoms with E-state index in [0.717, 1.165) is 24.5 Å². The maximum Gasteiger partial charge on any atom is 0.271 e. The van der Waals surface area contributed by atoms with Crippen LogP contribution in [0.3, 0.4) is 0 Å². The normalized spacial score (nSPS) is 12.1. The topological polar surface area (TPSA) is 132 Å². The van der Waals surface area contributed by atoms with E-state index < -0.39 is 26.4 Å². The number of halogens is 1. The number of carbonyl (C=O) groups is 1. The molecule has 0 aromatic heterocycles. The number of benzene rings is 1. The Morgan fingerprint density at radius 1 is 1.41 bits per heavy atom. The molecule has 8 nitrogen and oxygen atoms in total. The van der Waals surface area contributed by atoms with Gasteiger partial charge in [0.15, 0.2) is 9.84 Å². The third-order valence-electron chi connectivity index (χ3n) is 2.68. The number of hydrogen-bond donors (Lipinski definition) is 2. The Labute approximate surface area is 134 Å². The summed E-state index contributed by atoms with van der Waals surface area (Å²) in [7, 11) is -3.65. The highest BCUT2D eigenvalue weighted by Crippen LogP contribution is 2.20. The zero-order valence-electron chi connectivity index (χ0n) is 12.1. The first kappa shape index (κ1) is 20.3. The van der Waals surface area contributed by atoms with Crippen molar-refractivity contribution in [1.82, 2.24) is 5.32 Å². The first-order chi connectivity index (χ1) is 9.61. The van der Waals surface area contributed by atoms with Crippen molar-refractivity contribution in [1.29, 1.82) is 0 Å². The molecule has 0 heterocycles. The lowest BCUT2D eigenvalue weighted by molar-refractivity contribution is -0.385. The Bertz CT molecular complexity index is 661. The predicted molar refractivity (Wildman–Crippen MR) is 84.1 cm³/mol. The Hall–Kier alpha value is -1.71. The Balaban J connectivity index is 0.00000441. The van der Waals surface area contributed by atoms with Crippen LogP contribution in [0.15, 0.2) is 23.1 Å². The number of hydrogen-bond acceptors (Lipinski definition) is 6. The highest BCUT2D eigenvalue weighted by Gasteiger charge is 2.18. The molecule has 0 aliphatic heterocycles. The summed E-state index contributed by atoms with van der Waals surface area (Å²) in [4.78, 5) is 21.7. The van der Waals surface area contributed by atoms with Crippen molar-refractivity contribution in [3.8, 4) is 0 Å². The molecular weight excluding hydrogens is 334 g/mol. The standard InChI is InChI=1S/C12H17N3O5S.ClH/c1-8(13)3-4-14-12(16)9-5-10(15(17)18)7-11(6-9)21(2,19)20;/h5-8H,3-4,13H2,1-2H3,(H,14,16);1H. The number of nitrogens with two attached hydrogens (primary N) is 1. The van der Waals surface area contributed by atoms with Crippen molar-refractivity contribution < 1.29 is 18.1 Å². The van der Waals surface area contributed by atoms with E-state index in [1.165, 1.54) is 0 Å². The molecule has 0 bridgehead atoms. The first-order valence-corrected chi connectivity index (χ1v) is 8.03. The van der Waals surface area contributed by atoms with E-state index in [4.69, 9.17) is 5.73 Å². The van der Waals surface area contributed by atoms with Crippen molar-refractivity contribution in [2.24, 2.45) is 5.73 Å². The molecule has 1 aromatic carbocycles. The highest BCUT2D eigenvalue weighted by atomic mass is 35.5.